The maximum absolute atomic E-state index is 11.6. The van der Waals surface area contributed by atoms with Crippen molar-refractivity contribution >= 4 is 16.3 Å². The molecule has 0 heterocycles. The molecule has 0 fully saturated rings. The summed E-state index contributed by atoms with van der Waals surface area (Å²) in [7, 11) is -3.85. The highest BCUT2D eigenvalue weighted by Gasteiger charge is 2.14. The van der Waals surface area contributed by atoms with Crippen LogP contribution in [0.3, 0.4) is 0 Å². The number of benzene rings is 1. The zero-order chi connectivity index (χ0) is 13.4. The van der Waals surface area contributed by atoms with Crippen molar-refractivity contribution in [2.75, 3.05) is 0 Å². The first kappa shape index (κ1) is 14.2. The Morgan fingerprint density at radius 1 is 1.44 bits per heavy atom. The van der Waals surface area contributed by atoms with Crippen molar-refractivity contribution in [1.82, 2.24) is 0 Å². The van der Waals surface area contributed by atoms with E-state index in [-0.39, 0.29) is 10.8 Å². The summed E-state index contributed by atoms with van der Waals surface area (Å²) in [5, 5.41) is 12.1. The van der Waals surface area contributed by atoms with E-state index in [0.29, 0.717) is 12.8 Å². The van der Waals surface area contributed by atoms with Gasteiger partial charge in [0.05, 0.1) is 12.0 Å². The molecule has 0 aromatic heterocycles. The van der Waals surface area contributed by atoms with Crippen LogP contribution >= 0.6 is 0 Å². The van der Waals surface area contributed by atoms with Gasteiger partial charge in [-0.15, -0.1) is 0 Å². The van der Waals surface area contributed by atoms with E-state index in [1.807, 2.05) is 6.92 Å². The number of nitrogens with zero attached hydrogens (tertiary/aromatic N) is 2. The van der Waals surface area contributed by atoms with Gasteiger partial charge in [0.15, 0.2) is 0 Å². The molecule has 0 aliphatic heterocycles. The van der Waals surface area contributed by atoms with E-state index in [0.717, 1.165) is 0 Å². The van der Waals surface area contributed by atoms with Gasteiger partial charge in [0.25, 0.3) is 0 Å². The summed E-state index contributed by atoms with van der Waals surface area (Å²) in [6.07, 6.45) is 2.36. The quantitative estimate of drug-likeness (QED) is 0.584. The van der Waals surface area contributed by atoms with Crippen molar-refractivity contribution < 1.29 is 12.7 Å². The molecule has 0 spiro atoms. The van der Waals surface area contributed by atoms with Crippen LogP contribution in [0.25, 0.3) is 0 Å². The molecule has 0 saturated heterocycles. The van der Waals surface area contributed by atoms with Crippen molar-refractivity contribution in [3.05, 3.63) is 30.3 Å². The lowest BCUT2D eigenvalue weighted by atomic mass is 10.1. The van der Waals surface area contributed by atoms with E-state index in [1.165, 1.54) is 18.3 Å². The van der Waals surface area contributed by atoms with Crippen LogP contribution in [-0.4, -0.2) is 14.6 Å². The molecular weight excluding hydrogens is 252 g/mol. The Hall–Kier alpha value is -1.87. The second-order valence-electron chi connectivity index (χ2n) is 3.60. The van der Waals surface area contributed by atoms with Gasteiger partial charge in [0.2, 0.25) is 0 Å². The van der Waals surface area contributed by atoms with E-state index < -0.39 is 10.1 Å². The summed E-state index contributed by atoms with van der Waals surface area (Å²) in [5.74, 6) is -0.170. The van der Waals surface area contributed by atoms with Gasteiger partial charge in [-0.25, -0.2) is 0 Å². The maximum atomic E-state index is 11.6. The molecule has 0 amide bonds. The molecule has 5 nitrogen and oxygen atoms in total. The maximum Gasteiger partial charge on any atom is 0.358 e. The van der Waals surface area contributed by atoms with Crippen molar-refractivity contribution in [1.29, 1.82) is 5.26 Å². The molecule has 1 rings (SSSR count). The molecule has 1 unspecified atom stereocenters. The van der Waals surface area contributed by atoms with Crippen molar-refractivity contribution in [3.63, 3.8) is 0 Å². The van der Waals surface area contributed by atoms with E-state index in [9.17, 15) is 8.42 Å². The fraction of sp³-hybridized carbons (Fsp3) is 0.333. The van der Waals surface area contributed by atoms with Gasteiger partial charge in [-0.3, -0.25) is 4.28 Å². The fourth-order valence-corrected chi connectivity index (χ4v) is 1.95. The van der Waals surface area contributed by atoms with Gasteiger partial charge in [0.1, 0.15) is 4.90 Å². The summed E-state index contributed by atoms with van der Waals surface area (Å²) in [4.78, 5) is 0.0504. The number of hydrogen-bond donors (Lipinski definition) is 0. The summed E-state index contributed by atoms with van der Waals surface area (Å²) < 4.78 is 27.7. The van der Waals surface area contributed by atoms with Gasteiger partial charge in [-0.1, -0.05) is 30.3 Å². The third-order valence-corrected chi connectivity index (χ3v) is 3.44. The number of oxime groups is 1. The van der Waals surface area contributed by atoms with E-state index in [4.69, 9.17) is 5.26 Å². The highest BCUT2D eigenvalue weighted by atomic mass is 32.2. The Morgan fingerprint density at radius 3 is 2.67 bits per heavy atom. The predicted molar refractivity (Wildman–Crippen MR) is 67.2 cm³/mol. The standard InChI is InChI=1S/C12H14N2O3S/c1-2-11(10-13)8-9-14-17-18(15,16)12-6-4-3-5-7-12/h3-7,9,11H,2,8H2,1H3. The highest BCUT2D eigenvalue weighted by Crippen LogP contribution is 2.11. The second kappa shape index (κ2) is 6.77. The monoisotopic (exact) mass is 266 g/mol. The first-order valence-corrected chi connectivity index (χ1v) is 6.91. The van der Waals surface area contributed by atoms with Crippen molar-refractivity contribution in [2.45, 2.75) is 24.7 Å². The molecule has 0 radical (unpaired) electrons. The molecule has 0 N–H and O–H groups in total. The first-order chi connectivity index (χ1) is 8.60. The molecular formula is C12H14N2O3S. The van der Waals surface area contributed by atoms with E-state index >= 15 is 0 Å². The average Bonchev–Trinajstić information content (AvgIpc) is 2.40. The Balaban J connectivity index is 2.59. The first-order valence-electron chi connectivity index (χ1n) is 5.50. The molecule has 0 aliphatic carbocycles. The average molecular weight is 266 g/mol. The lowest BCUT2D eigenvalue weighted by molar-refractivity contribution is 0.339. The van der Waals surface area contributed by atoms with Gasteiger partial charge < -0.3 is 0 Å². The lowest BCUT2D eigenvalue weighted by Crippen LogP contribution is -2.03. The van der Waals surface area contributed by atoms with Crippen LogP contribution < -0.4 is 0 Å². The molecule has 1 aromatic rings. The van der Waals surface area contributed by atoms with E-state index in [2.05, 4.69) is 15.5 Å². The molecule has 0 bridgehead atoms. The topological polar surface area (TPSA) is 79.5 Å². The van der Waals surface area contributed by atoms with Gasteiger partial charge in [-0.2, -0.15) is 13.7 Å². The molecule has 0 saturated carbocycles. The summed E-state index contributed by atoms with van der Waals surface area (Å²) in [6.45, 7) is 1.88. The van der Waals surface area contributed by atoms with Crippen molar-refractivity contribution in [3.8, 4) is 6.07 Å². The SMILES string of the molecule is CCC(C#N)CC=NOS(=O)(=O)c1ccccc1. The Kier molecular flexibility index (Phi) is 5.33. The van der Waals surface area contributed by atoms with Gasteiger partial charge in [-0.05, 0) is 18.6 Å². The van der Waals surface area contributed by atoms with Crippen LogP contribution in [0.2, 0.25) is 0 Å². The molecule has 96 valence electrons. The molecule has 1 aromatic carbocycles. The Labute approximate surface area is 107 Å². The Morgan fingerprint density at radius 2 is 2.11 bits per heavy atom. The molecule has 18 heavy (non-hydrogen) atoms. The van der Waals surface area contributed by atoms with Crippen LogP contribution in [0.15, 0.2) is 40.4 Å². The number of rotatable bonds is 6. The highest BCUT2D eigenvalue weighted by molar-refractivity contribution is 7.86. The van der Waals surface area contributed by atoms with Crippen molar-refractivity contribution in [2.24, 2.45) is 11.1 Å². The second-order valence-corrected chi connectivity index (χ2v) is 5.13. The molecule has 0 aliphatic rings. The number of hydrogen-bond acceptors (Lipinski definition) is 5. The van der Waals surface area contributed by atoms with Crippen LogP contribution in [0.5, 0.6) is 0 Å². The predicted octanol–water partition coefficient (Wildman–Crippen LogP) is 2.32. The third-order valence-electron chi connectivity index (χ3n) is 2.31. The van der Waals surface area contributed by atoms with Gasteiger partial charge in [0, 0.05) is 12.6 Å². The minimum atomic E-state index is -3.85. The van der Waals surface area contributed by atoms with Crippen LogP contribution in [0, 0.1) is 17.2 Å². The van der Waals surface area contributed by atoms with Crippen LogP contribution in [0.4, 0.5) is 0 Å². The third kappa shape index (κ3) is 4.18. The van der Waals surface area contributed by atoms with Gasteiger partial charge >= 0.3 is 10.1 Å². The number of nitriles is 1. The van der Waals surface area contributed by atoms with Crippen LogP contribution in [0.1, 0.15) is 19.8 Å². The minimum absolute atomic E-state index is 0.0504. The smallest absolute Gasteiger partial charge is 0.265 e. The zero-order valence-electron chi connectivity index (χ0n) is 9.98. The molecule has 1 atom stereocenters. The summed E-state index contributed by atoms with van der Waals surface area (Å²) in [6, 6.07) is 9.85. The largest absolute Gasteiger partial charge is 0.358 e. The normalized spacial score (nSPS) is 13.1. The Bertz CT molecular complexity index is 532. The summed E-state index contributed by atoms with van der Waals surface area (Å²) >= 11 is 0. The summed E-state index contributed by atoms with van der Waals surface area (Å²) in [5.41, 5.74) is 0. The van der Waals surface area contributed by atoms with Crippen LogP contribution in [-0.2, 0) is 14.4 Å². The lowest BCUT2D eigenvalue weighted by Gasteiger charge is -2.01. The van der Waals surface area contributed by atoms with E-state index in [1.54, 1.807) is 18.2 Å². The molecule has 6 heteroatoms. The minimum Gasteiger partial charge on any atom is -0.265 e. The fourth-order valence-electron chi connectivity index (χ4n) is 1.20. The zero-order valence-corrected chi connectivity index (χ0v) is 10.8.